The summed E-state index contributed by atoms with van der Waals surface area (Å²) >= 11 is 0. The van der Waals surface area contributed by atoms with Crippen LogP contribution in [0.5, 0.6) is 0 Å². The second kappa shape index (κ2) is 6.13. The van der Waals surface area contributed by atoms with Crippen LogP contribution in [0, 0.1) is 6.07 Å². The van der Waals surface area contributed by atoms with Gasteiger partial charge in [0.05, 0.1) is 0 Å². The number of pyridine rings is 1. The summed E-state index contributed by atoms with van der Waals surface area (Å²) in [6.45, 7) is 4.01. The van der Waals surface area contributed by atoms with Crippen LogP contribution in [0.2, 0.25) is 0 Å². The third kappa shape index (κ3) is 3.05. The molecule has 0 aliphatic carbocycles. The van der Waals surface area contributed by atoms with E-state index in [0.29, 0.717) is 0 Å². The smallest absolute Gasteiger partial charge is 0.245 e. The summed E-state index contributed by atoms with van der Waals surface area (Å²) in [6, 6.07) is 13.4. The first-order valence-electron chi connectivity index (χ1n) is 8.23. The van der Waals surface area contributed by atoms with Crippen LogP contribution in [0.3, 0.4) is 0 Å². The molecule has 1 aliphatic rings. The fourth-order valence-corrected chi connectivity index (χ4v) is 3.01. The van der Waals surface area contributed by atoms with Crippen molar-refractivity contribution in [1.82, 2.24) is 19.5 Å². The fraction of sp³-hybridized carbons (Fsp3) is 0.333. The highest BCUT2D eigenvalue weighted by atomic mass is 15.4. The average molecular weight is 321 g/mol. The maximum Gasteiger partial charge on any atom is 0.245 e. The molecule has 1 saturated heterocycles. The minimum atomic E-state index is 0.769. The van der Waals surface area contributed by atoms with Gasteiger partial charge in [-0.2, -0.15) is 4.98 Å². The number of fused-ring (bicyclic) bond motifs is 1. The maximum atomic E-state index is 5.85. The van der Waals surface area contributed by atoms with Crippen LogP contribution in [0.15, 0.2) is 36.5 Å². The normalized spacial score (nSPS) is 16.0. The van der Waals surface area contributed by atoms with Crippen molar-refractivity contribution >= 4 is 17.3 Å². The summed E-state index contributed by atoms with van der Waals surface area (Å²) < 4.78 is 1.80. The van der Waals surface area contributed by atoms with Crippen molar-refractivity contribution in [3.8, 4) is 0 Å². The number of piperazine rings is 1. The fourth-order valence-electron chi connectivity index (χ4n) is 3.01. The van der Waals surface area contributed by atoms with E-state index >= 15 is 0 Å². The van der Waals surface area contributed by atoms with Crippen LogP contribution in [0.4, 0.5) is 11.6 Å². The van der Waals surface area contributed by atoms with E-state index in [9.17, 15) is 0 Å². The van der Waals surface area contributed by atoms with Crippen molar-refractivity contribution in [2.45, 2.75) is 6.42 Å². The predicted octanol–water partition coefficient (Wildman–Crippen LogP) is 1.45. The Morgan fingerprint density at radius 2 is 2.00 bits per heavy atom. The minimum Gasteiger partial charge on any atom is -0.399 e. The minimum absolute atomic E-state index is 0.769. The van der Waals surface area contributed by atoms with Crippen LogP contribution < -0.4 is 10.6 Å². The monoisotopic (exact) mass is 321 g/mol. The van der Waals surface area contributed by atoms with Gasteiger partial charge in [0.1, 0.15) is 0 Å². The molecule has 0 amide bonds. The van der Waals surface area contributed by atoms with Crippen molar-refractivity contribution in [3.05, 3.63) is 53.7 Å². The van der Waals surface area contributed by atoms with Gasteiger partial charge in [0.2, 0.25) is 5.95 Å². The lowest BCUT2D eigenvalue weighted by Crippen LogP contribution is -2.44. The summed E-state index contributed by atoms with van der Waals surface area (Å²) in [5.41, 5.74) is 9.67. The highest BCUT2D eigenvalue weighted by molar-refractivity contribution is 5.47. The zero-order chi connectivity index (χ0) is 16.5. The SMILES string of the molecule is CN1CCN(c2nc3[c]c(Cc4cccc(N)c4)ccn3n2)CC1. The van der Waals surface area contributed by atoms with Gasteiger partial charge in [0.25, 0.3) is 0 Å². The van der Waals surface area contributed by atoms with E-state index in [-0.39, 0.29) is 0 Å². The first kappa shape index (κ1) is 15.0. The number of rotatable bonds is 3. The Hall–Kier alpha value is -2.60. The summed E-state index contributed by atoms with van der Waals surface area (Å²) in [5, 5.41) is 4.59. The van der Waals surface area contributed by atoms with Crippen LogP contribution in [0.1, 0.15) is 11.1 Å². The lowest BCUT2D eigenvalue weighted by atomic mass is 10.1. The number of benzene rings is 1. The molecule has 0 atom stereocenters. The van der Waals surface area contributed by atoms with Crippen molar-refractivity contribution in [2.24, 2.45) is 0 Å². The third-order valence-electron chi connectivity index (χ3n) is 4.44. The first-order chi connectivity index (χ1) is 11.7. The van der Waals surface area contributed by atoms with E-state index in [4.69, 9.17) is 5.73 Å². The number of aromatic nitrogens is 3. The number of likely N-dealkylation sites (N-methyl/N-ethyl adjacent to an activating group) is 1. The number of hydrogen-bond donors (Lipinski definition) is 1. The van der Waals surface area contributed by atoms with Crippen LogP contribution in [-0.2, 0) is 6.42 Å². The Balaban J connectivity index is 1.57. The average Bonchev–Trinajstić information content (AvgIpc) is 2.99. The Morgan fingerprint density at radius 1 is 1.17 bits per heavy atom. The second-order valence-corrected chi connectivity index (χ2v) is 6.36. The zero-order valence-corrected chi connectivity index (χ0v) is 13.8. The van der Waals surface area contributed by atoms with E-state index in [1.807, 2.05) is 30.5 Å². The molecule has 1 aliphatic heterocycles. The van der Waals surface area contributed by atoms with Crippen LogP contribution >= 0.6 is 0 Å². The summed E-state index contributed by atoms with van der Waals surface area (Å²) in [7, 11) is 2.14. The lowest BCUT2D eigenvalue weighted by Gasteiger charge is -2.31. The molecule has 1 fully saturated rings. The molecule has 3 aromatic rings. The molecule has 2 aromatic heterocycles. The second-order valence-electron chi connectivity index (χ2n) is 6.36. The summed E-state index contributed by atoms with van der Waals surface area (Å²) in [5.74, 6) is 0.792. The molecule has 2 N–H and O–H groups in total. The van der Waals surface area contributed by atoms with Gasteiger partial charge >= 0.3 is 0 Å². The van der Waals surface area contributed by atoms with E-state index in [1.165, 1.54) is 5.56 Å². The number of nitrogens with zero attached hydrogens (tertiary/aromatic N) is 5. The quantitative estimate of drug-likeness (QED) is 0.740. The first-order valence-corrected chi connectivity index (χ1v) is 8.23. The standard InChI is InChI=1S/C18H21N6/c1-22-7-9-23(10-8-22)18-20-17-13-15(5-6-24(17)21-18)11-14-3-2-4-16(19)12-14/h2-6,12H,7-11,19H2,1H3. The molecule has 123 valence electrons. The summed E-state index contributed by atoms with van der Waals surface area (Å²) in [6.07, 6.45) is 2.75. The van der Waals surface area contributed by atoms with E-state index in [1.54, 1.807) is 4.52 Å². The summed E-state index contributed by atoms with van der Waals surface area (Å²) in [4.78, 5) is 9.22. The van der Waals surface area contributed by atoms with Gasteiger partial charge in [-0.1, -0.05) is 12.1 Å². The number of nitrogen functional groups attached to an aromatic ring is 1. The molecule has 6 heteroatoms. The third-order valence-corrected chi connectivity index (χ3v) is 4.44. The molecule has 4 rings (SSSR count). The van der Waals surface area contributed by atoms with Gasteiger partial charge in [0.15, 0.2) is 5.65 Å². The Kier molecular flexibility index (Phi) is 3.82. The van der Waals surface area contributed by atoms with Crippen molar-refractivity contribution < 1.29 is 0 Å². The van der Waals surface area contributed by atoms with E-state index in [2.05, 4.69) is 39.1 Å². The Labute approximate surface area is 141 Å². The maximum absolute atomic E-state index is 5.85. The van der Waals surface area contributed by atoms with E-state index in [0.717, 1.165) is 55.4 Å². The molecule has 1 aromatic carbocycles. The zero-order valence-electron chi connectivity index (χ0n) is 13.8. The lowest BCUT2D eigenvalue weighted by molar-refractivity contribution is 0.311. The number of anilines is 2. The van der Waals surface area contributed by atoms with Gasteiger partial charge < -0.3 is 15.5 Å². The van der Waals surface area contributed by atoms with Crippen molar-refractivity contribution in [1.29, 1.82) is 0 Å². The topological polar surface area (TPSA) is 62.7 Å². The van der Waals surface area contributed by atoms with Crippen LogP contribution in [-0.4, -0.2) is 52.7 Å². The van der Waals surface area contributed by atoms with Crippen molar-refractivity contribution in [2.75, 3.05) is 43.9 Å². The molecular weight excluding hydrogens is 300 g/mol. The molecule has 6 nitrogen and oxygen atoms in total. The highest BCUT2D eigenvalue weighted by Crippen LogP contribution is 2.16. The van der Waals surface area contributed by atoms with Crippen LogP contribution in [0.25, 0.3) is 5.65 Å². The molecule has 1 radical (unpaired) electrons. The van der Waals surface area contributed by atoms with Gasteiger partial charge in [-0.3, -0.25) is 0 Å². The Bertz CT molecular complexity index is 848. The molecule has 3 heterocycles. The molecule has 24 heavy (non-hydrogen) atoms. The van der Waals surface area contributed by atoms with Gasteiger partial charge in [0, 0.05) is 44.1 Å². The molecule has 0 unspecified atom stereocenters. The molecule has 0 spiro atoms. The van der Waals surface area contributed by atoms with Gasteiger partial charge in [-0.15, -0.1) is 5.10 Å². The predicted molar refractivity (Wildman–Crippen MR) is 95.2 cm³/mol. The van der Waals surface area contributed by atoms with Crippen molar-refractivity contribution in [3.63, 3.8) is 0 Å². The molecule has 0 saturated carbocycles. The molecular formula is C18H21N6. The van der Waals surface area contributed by atoms with Gasteiger partial charge in [-0.25, -0.2) is 4.52 Å². The molecule has 0 bridgehead atoms. The Morgan fingerprint density at radius 3 is 2.79 bits per heavy atom. The number of nitrogens with two attached hydrogens (primary N) is 1. The highest BCUT2D eigenvalue weighted by Gasteiger charge is 2.18. The van der Waals surface area contributed by atoms with Gasteiger partial charge in [-0.05, 0) is 42.8 Å². The number of hydrogen-bond acceptors (Lipinski definition) is 5. The largest absolute Gasteiger partial charge is 0.399 e. The van der Waals surface area contributed by atoms with E-state index < -0.39 is 0 Å².